The molecule has 0 aliphatic rings. The summed E-state index contributed by atoms with van der Waals surface area (Å²) in [5.74, 6) is 0. The van der Waals surface area contributed by atoms with Gasteiger partial charge < -0.3 is 5.32 Å². The van der Waals surface area contributed by atoms with Gasteiger partial charge in [-0.1, -0.05) is 18.5 Å². The Bertz CT molecular complexity index is 360. The van der Waals surface area contributed by atoms with Crippen LogP contribution in [0.3, 0.4) is 0 Å². The summed E-state index contributed by atoms with van der Waals surface area (Å²) in [6, 6.07) is 7.53. The lowest BCUT2D eigenvalue weighted by atomic mass is 10.2. The van der Waals surface area contributed by atoms with Crippen LogP contribution in [0.15, 0.2) is 22.7 Å². The minimum atomic E-state index is -0.150. The minimum Gasteiger partial charge on any atom is -0.370 e. The standard InChI is InChI=1S/C10H10BrClN2/c1-2-7(6-13)14-8-3-4-10(12)9(11)5-8/h3-5,7,14H,2H2,1H3. The molecule has 0 aromatic heterocycles. The summed E-state index contributed by atoms with van der Waals surface area (Å²) >= 11 is 9.17. The highest BCUT2D eigenvalue weighted by molar-refractivity contribution is 9.10. The van der Waals surface area contributed by atoms with E-state index in [4.69, 9.17) is 16.9 Å². The Kier molecular flexibility index (Phi) is 4.24. The van der Waals surface area contributed by atoms with Gasteiger partial charge in [-0.25, -0.2) is 0 Å². The molecule has 0 fully saturated rings. The number of nitrogens with zero attached hydrogens (tertiary/aromatic N) is 1. The molecule has 1 rings (SSSR count). The lowest BCUT2D eigenvalue weighted by Gasteiger charge is -2.10. The highest BCUT2D eigenvalue weighted by Gasteiger charge is 2.04. The van der Waals surface area contributed by atoms with Gasteiger partial charge >= 0.3 is 0 Å². The van der Waals surface area contributed by atoms with Gasteiger partial charge in [0.25, 0.3) is 0 Å². The Morgan fingerprint density at radius 3 is 2.86 bits per heavy atom. The lowest BCUT2D eigenvalue weighted by molar-refractivity contribution is 0.845. The van der Waals surface area contributed by atoms with E-state index in [1.165, 1.54) is 0 Å². The van der Waals surface area contributed by atoms with Crippen LogP contribution in [0.1, 0.15) is 13.3 Å². The van der Waals surface area contributed by atoms with Gasteiger partial charge in [-0.3, -0.25) is 0 Å². The molecular weight excluding hydrogens is 263 g/mol. The molecule has 4 heteroatoms. The highest BCUT2D eigenvalue weighted by atomic mass is 79.9. The molecule has 0 aliphatic heterocycles. The zero-order valence-corrected chi connectivity index (χ0v) is 10.1. The van der Waals surface area contributed by atoms with E-state index in [-0.39, 0.29) is 6.04 Å². The van der Waals surface area contributed by atoms with E-state index < -0.39 is 0 Å². The first-order valence-corrected chi connectivity index (χ1v) is 5.45. The van der Waals surface area contributed by atoms with Crippen LogP contribution in [0, 0.1) is 11.3 Å². The molecule has 74 valence electrons. The average molecular weight is 274 g/mol. The molecular formula is C10H10BrClN2. The maximum absolute atomic E-state index is 8.76. The van der Waals surface area contributed by atoms with Gasteiger partial charge in [-0.2, -0.15) is 5.26 Å². The van der Waals surface area contributed by atoms with E-state index >= 15 is 0 Å². The number of nitriles is 1. The largest absolute Gasteiger partial charge is 0.370 e. The van der Waals surface area contributed by atoms with Gasteiger partial charge in [0, 0.05) is 10.2 Å². The first-order valence-electron chi connectivity index (χ1n) is 4.28. The van der Waals surface area contributed by atoms with E-state index in [9.17, 15) is 0 Å². The van der Waals surface area contributed by atoms with Crippen LogP contribution >= 0.6 is 27.5 Å². The molecule has 0 aliphatic carbocycles. The van der Waals surface area contributed by atoms with E-state index in [0.29, 0.717) is 5.02 Å². The van der Waals surface area contributed by atoms with E-state index in [1.54, 1.807) is 6.07 Å². The number of hydrogen-bond acceptors (Lipinski definition) is 2. The SMILES string of the molecule is CCC(C#N)Nc1ccc(Cl)c(Br)c1. The number of hydrogen-bond donors (Lipinski definition) is 1. The summed E-state index contributed by atoms with van der Waals surface area (Å²) in [5, 5.41) is 12.5. The molecule has 2 nitrogen and oxygen atoms in total. The molecule has 0 saturated heterocycles. The third kappa shape index (κ3) is 2.90. The fourth-order valence-corrected chi connectivity index (χ4v) is 1.51. The van der Waals surface area contributed by atoms with Crippen LogP contribution in [-0.4, -0.2) is 6.04 Å². The van der Waals surface area contributed by atoms with Crippen molar-refractivity contribution in [3.63, 3.8) is 0 Å². The number of halogens is 2. The van der Waals surface area contributed by atoms with Gasteiger partial charge in [-0.15, -0.1) is 0 Å². The summed E-state index contributed by atoms with van der Waals surface area (Å²) in [4.78, 5) is 0. The average Bonchev–Trinajstić information content (AvgIpc) is 2.19. The quantitative estimate of drug-likeness (QED) is 0.909. The number of anilines is 1. The topological polar surface area (TPSA) is 35.8 Å². The normalized spacial score (nSPS) is 11.9. The molecule has 0 saturated carbocycles. The third-order valence-corrected chi connectivity index (χ3v) is 3.04. The van der Waals surface area contributed by atoms with Gasteiger partial charge in [0.05, 0.1) is 11.1 Å². The molecule has 0 heterocycles. The van der Waals surface area contributed by atoms with Crippen molar-refractivity contribution < 1.29 is 0 Å². The van der Waals surface area contributed by atoms with Crippen LogP contribution in [0.4, 0.5) is 5.69 Å². The lowest BCUT2D eigenvalue weighted by Crippen LogP contribution is -2.15. The van der Waals surface area contributed by atoms with Gasteiger partial charge in [-0.05, 0) is 40.5 Å². The highest BCUT2D eigenvalue weighted by Crippen LogP contribution is 2.25. The fourth-order valence-electron chi connectivity index (χ4n) is 1.01. The van der Waals surface area contributed by atoms with Crippen LogP contribution in [0.2, 0.25) is 5.02 Å². The van der Waals surface area contributed by atoms with Crippen molar-refractivity contribution in [2.75, 3.05) is 5.32 Å². The molecule has 0 radical (unpaired) electrons. The Labute approximate surface area is 97.0 Å². The second-order valence-corrected chi connectivity index (χ2v) is 4.12. The Balaban J connectivity index is 2.78. The third-order valence-electron chi connectivity index (χ3n) is 1.82. The summed E-state index contributed by atoms with van der Waals surface area (Å²) in [6.07, 6.45) is 0.775. The molecule has 1 unspecified atom stereocenters. The Morgan fingerprint density at radius 2 is 2.36 bits per heavy atom. The van der Waals surface area contributed by atoms with E-state index in [1.807, 2.05) is 19.1 Å². The molecule has 0 bridgehead atoms. The molecule has 1 aromatic rings. The minimum absolute atomic E-state index is 0.150. The molecule has 1 N–H and O–H groups in total. The van der Waals surface area contributed by atoms with Gasteiger partial charge in [0.1, 0.15) is 6.04 Å². The van der Waals surface area contributed by atoms with Gasteiger partial charge in [0.15, 0.2) is 0 Å². The number of benzene rings is 1. The number of nitrogens with one attached hydrogen (secondary N) is 1. The second-order valence-electron chi connectivity index (χ2n) is 2.86. The van der Waals surface area contributed by atoms with Crippen molar-refractivity contribution in [3.8, 4) is 6.07 Å². The van der Waals surface area contributed by atoms with Crippen LogP contribution in [0.25, 0.3) is 0 Å². The fraction of sp³-hybridized carbons (Fsp3) is 0.300. The maximum Gasteiger partial charge on any atom is 0.114 e. The molecule has 0 amide bonds. The monoisotopic (exact) mass is 272 g/mol. The van der Waals surface area contributed by atoms with Crippen molar-refractivity contribution in [1.82, 2.24) is 0 Å². The molecule has 1 aromatic carbocycles. The van der Waals surface area contributed by atoms with Crippen LogP contribution < -0.4 is 5.32 Å². The Morgan fingerprint density at radius 1 is 1.64 bits per heavy atom. The smallest absolute Gasteiger partial charge is 0.114 e. The Hall–Kier alpha value is -0.720. The first kappa shape index (κ1) is 11.4. The van der Waals surface area contributed by atoms with Crippen molar-refractivity contribution in [2.24, 2.45) is 0 Å². The number of rotatable bonds is 3. The zero-order chi connectivity index (χ0) is 10.6. The van der Waals surface area contributed by atoms with Crippen LogP contribution in [0.5, 0.6) is 0 Å². The van der Waals surface area contributed by atoms with Crippen LogP contribution in [-0.2, 0) is 0 Å². The van der Waals surface area contributed by atoms with Gasteiger partial charge in [0.2, 0.25) is 0 Å². The molecule has 1 atom stereocenters. The summed E-state index contributed by atoms with van der Waals surface area (Å²) in [5.41, 5.74) is 0.898. The summed E-state index contributed by atoms with van der Waals surface area (Å²) in [7, 11) is 0. The second kappa shape index (κ2) is 5.23. The first-order chi connectivity index (χ1) is 6.67. The zero-order valence-electron chi connectivity index (χ0n) is 7.72. The summed E-state index contributed by atoms with van der Waals surface area (Å²) < 4.78 is 0.831. The predicted octanol–water partition coefficient (Wildman–Crippen LogP) is 3.82. The maximum atomic E-state index is 8.76. The molecule has 14 heavy (non-hydrogen) atoms. The van der Waals surface area contributed by atoms with Crippen molar-refractivity contribution in [1.29, 1.82) is 5.26 Å². The summed E-state index contributed by atoms with van der Waals surface area (Å²) in [6.45, 7) is 1.96. The van der Waals surface area contributed by atoms with Crippen molar-refractivity contribution >= 4 is 33.2 Å². The van der Waals surface area contributed by atoms with Crippen molar-refractivity contribution in [2.45, 2.75) is 19.4 Å². The van der Waals surface area contributed by atoms with E-state index in [0.717, 1.165) is 16.6 Å². The predicted molar refractivity (Wildman–Crippen MR) is 62.5 cm³/mol. The van der Waals surface area contributed by atoms with E-state index in [2.05, 4.69) is 27.3 Å². The molecule has 0 spiro atoms. The van der Waals surface area contributed by atoms with Crippen molar-refractivity contribution in [3.05, 3.63) is 27.7 Å².